The second-order valence-electron chi connectivity index (χ2n) is 6.51. The molecule has 3 rings (SSSR count). The summed E-state index contributed by atoms with van der Waals surface area (Å²) < 4.78 is 26.5. The lowest BCUT2D eigenvalue weighted by molar-refractivity contribution is -0.115. The molecule has 0 heterocycles. The first-order valence-corrected chi connectivity index (χ1v) is 11.3. The highest BCUT2D eigenvalue weighted by molar-refractivity contribution is 7.89. The predicted octanol–water partition coefficient (Wildman–Crippen LogP) is 3.83. The minimum atomic E-state index is -3.60. The average Bonchev–Trinajstić information content (AvgIpc) is 2.76. The van der Waals surface area contributed by atoms with Crippen LogP contribution in [-0.2, 0) is 14.8 Å². The molecule has 31 heavy (non-hydrogen) atoms. The fourth-order valence-electron chi connectivity index (χ4n) is 2.85. The van der Waals surface area contributed by atoms with Gasteiger partial charge in [0.05, 0.1) is 4.90 Å². The zero-order chi connectivity index (χ0) is 22.3. The molecule has 3 aromatic rings. The molecular formula is C23H21N3O3S2. The van der Waals surface area contributed by atoms with Crippen molar-refractivity contribution in [3.8, 4) is 0 Å². The predicted molar refractivity (Wildman–Crippen MR) is 129 cm³/mol. The quantitative estimate of drug-likeness (QED) is 0.289. The monoisotopic (exact) mass is 451 g/mol. The Labute approximate surface area is 186 Å². The van der Waals surface area contributed by atoms with E-state index in [1.54, 1.807) is 18.2 Å². The summed E-state index contributed by atoms with van der Waals surface area (Å²) in [6.45, 7) is 3.62. The Kier molecular flexibility index (Phi) is 7.30. The van der Waals surface area contributed by atoms with Crippen LogP contribution in [0.4, 0.5) is 5.69 Å². The van der Waals surface area contributed by atoms with Crippen LogP contribution in [0, 0.1) is 0 Å². The van der Waals surface area contributed by atoms with Gasteiger partial charge in [0.25, 0.3) is 0 Å². The summed E-state index contributed by atoms with van der Waals surface area (Å²) >= 11 is 5.17. The number of carbonyl (C=O) groups excluding carboxylic acids is 1. The largest absolute Gasteiger partial charge is 0.332 e. The van der Waals surface area contributed by atoms with Crippen molar-refractivity contribution in [2.75, 3.05) is 11.9 Å². The van der Waals surface area contributed by atoms with Crippen molar-refractivity contribution in [3.63, 3.8) is 0 Å². The van der Waals surface area contributed by atoms with Crippen molar-refractivity contribution in [2.45, 2.75) is 4.90 Å². The molecule has 0 aliphatic rings. The van der Waals surface area contributed by atoms with Gasteiger partial charge in [-0.3, -0.25) is 10.1 Å². The molecule has 0 spiro atoms. The molecule has 0 saturated heterocycles. The molecule has 158 valence electrons. The molecule has 0 bridgehead atoms. The van der Waals surface area contributed by atoms with E-state index < -0.39 is 10.0 Å². The number of nitrogens with one attached hydrogen (secondary N) is 3. The summed E-state index contributed by atoms with van der Waals surface area (Å²) in [5.41, 5.74) is 1.47. The molecule has 0 aliphatic heterocycles. The van der Waals surface area contributed by atoms with E-state index >= 15 is 0 Å². The number of anilines is 1. The van der Waals surface area contributed by atoms with Gasteiger partial charge in [-0.15, -0.1) is 6.58 Å². The van der Waals surface area contributed by atoms with Crippen LogP contribution in [0.1, 0.15) is 5.56 Å². The maximum atomic E-state index is 12.2. The lowest BCUT2D eigenvalue weighted by Crippen LogP contribution is -2.32. The minimum Gasteiger partial charge on any atom is -0.332 e. The average molecular weight is 452 g/mol. The van der Waals surface area contributed by atoms with E-state index in [2.05, 4.69) is 21.9 Å². The first kappa shape index (κ1) is 22.4. The molecule has 0 radical (unpaired) electrons. The van der Waals surface area contributed by atoms with E-state index in [4.69, 9.17) is 12.2 Å². The summed E-state index contributed by atoms with van der Waals surface area (Å²) in [5, 5.41) is 7.67. The minimum absolute atomic E-state index is 0.105. The van der Waals surface area contributed by atoms with Crippen molar-refractivity contribution in [2.24, 2.45) is 0 Å². The number of hydrogen-bond acceptors (Lipinski definition) is 4. The highest BCUT2D eigenvalue weighted by Gasteiger charge is 2.12. The first-order valence-electron chi connectivity index (χ1n) is 9.37. The highest BCUT2D eigenvalue weighted by Crippen LogP contribution is 2.19. The summed E-state index contributed by atoms with van der Waals surface area (Å²) in [5.74, 6) is -0.377. The number of fused-ring (bicyclic) bond motifs is 1. The topological polar surface area (TPSA) is 87.3 Å². The second-order valence-corrected chi connectivity index (χ2v) is 8.69. The smallest absolute Gasteiger partial charge is 0.250 e. The molecule has 0 aliphatic carbocycles. The second kappa shape index (κ2) is 10.1. The van der Waals surface area contributed by atoms with Gasteiger partial charge in [-0.1, -0.05) is 48.5 Å². The zero-order valence-corrected chi connectivity index (χ0v) is 18.2. The van der Waals surface area contributed by atoms with E-state index in [0.29, 0.717) is 5.69 Å². The first-order chi connectivity index (χ1) is 14.9. The number of thiocarbonyl (C=S) groups is 1. The van der Waals surface area contributed by atoms with Gasteiger partial charge in [0.2, 0.25) is 15.9 Å². The number of carbonyl (C=O) groups is 1. The maximum Gasteiger partial charge on any atom is 0.250 e. The van der Waals surface area contributed by atoms with Gasteiger partial charge < -0.3 is 5.32 Å². The summed E-state index contributed by atoms with van der Waals surface area (Å²) in [4.78, 5) is 12.3. The van der Waals surface area contributed by atoms with E-state index in [1.165, 1.54) is 24.3 Å². The van der Waals surface area contributed by atoms with Crippen molar-refractivity contribution in [1.82, 2.24) is 10.0 Å². The summed E-state index contributed by atoms with van der Waals surface area (Å²) in [6, 6.07) is 19.8. The van der Waals surface area contributed by atoms with Crippen LogP contribution in [0.15, 0.2) is 90.4 Å². The molecule has 0 saturated carbocycles. The van der Waals surface area contributed by atoms with E-state index in [9.17, 15) is 13.2 Å². The lowest BCUT2D eigenvalue weighted by Gasteiger charge is -2.09. The molecule has 0 atom stereocenters. The van der Waals surface area contributed by atoms with Crippen LogP contribution in [0.5, 0.6) is 0 Å². The van der Waals surface area contributed by atoms with E-state index in [0.717, 1.165) is 16.3 Å². The van der Waals surface area contributed by atoms with Gasteiger partial charge in [0.15, 0.2) is 5.11 Å². The Morgan fingerprint density at radius 3 is 2.45 bits per heavy atom. The SMILES string of the molecule is C=CCNS(=O)(=O)c1ccc(NC(=S)NC(=O)C=Cc2cccc3ccccc23)cc1. The summed E-state index contributed by atoms with van der Waals surface area (Å²) in [6.07, 6.45) is 4.61. The van der Waals surface area contributed by atoms with E-state index in [-0.39, 0.29) is 22.5 Å². The fourth-order valence-corrected chi connectivity index (χ4v) is 4.06. The van der Waals surface area contributed by atoms with Gasteiger partial charge in [0, 0.05) is 18.3 Å². The number of sulfonamides is 1. The van der Waals surface area contributed by atoms with Gasteiger partial charge in [-0.2, -0.15) is 0 Å². The molecule has 3 aromatic carbocycles. The third-order valence-electron chi connectivity index (χ3n) is 4.31. The molecule has 3 N–H and O–H groups in total. The van der Waals surface area contributed by atoms with Crippen LogP contribution in [0.2, 0.25) is 0 Å². The third-order valence-corrected chi connectivity index (χ3v) is 5.96. The Hall–Kier alpha value is -3.33. The number of rotatable bonds is 7. The Bertz CT molecular complexity index is 1250. The third kappa shape index (κ3) is 6.08. The fraction of sp³-hybridized carbons (Fsp3) is 0.0435. The molecular weight excluding hydrogens is 430 g/mol. The van der Waals surface area contributed by atoms with Crippen LogP contribution in [0.25, 0.3) is 16.8 Å². The van der Waals surface area contributed by atoms with Crippen LogP contribution in [0.3, 0.4) is 0 Å². The number of benzene rings is 3. The Morgan fingerprint density at radius 2 is 1.71 bits per heavy atom. The molecule has 1 amide bonds. The van der Waals surface area contributed by atoms with Crippen LogP contribution >= 0.6 is 12.2 Å². The Balaban J connectivity index is 1.59. The molecule has 0 aromatic heterocycles. The molecule has 8 heteroatoms. The van der Waals surface area contributed by atoms with Crippen LogP contribution < -0.4 is 15.4 Å². The summed E-state index contributed by atoms with van der Waals surface area (Å²) in [7, 11) is -3.60. The van der Waals surface area contributed by atoms with Crippen molar-refractivity contribution >= 4 is 55.8 Å². The Morgan fingerprint density at radius 1 is 1.00 bits per heavy atom. The van der Waals surface area contributed by atoms with Crippen molar-refractivity contribution in [1.29, 1.82) is 0 Å². The van der Waals surface area contributed by atoms with Gasteiger partial charge in [-0.25, -0.2) is 13.1 Å². The van der Waals surface area contributed by atoms with Gasteiger partial charge >= 0.3 is 0 Å². The van der Waals surface area contributed by atoms with Gasteiger partial charge in [0.1, 0.15) is 0 Å². The normalized spacial score (nSPS) is 11.4. The zero-order valence-electron chi connectivity index (χ0n) is 16.5. The molecule has 0 unspecified atom stereocenters. The highest BCUT2D eigenvalue weighted by atomic mass is 32.2. The van der Waals surface area contributed by atoms with Crippen molar-refractivity contribution in [3.05, 3.63) is 91.0 Å². The standard InChI is InChI=1S/C23H21N3O3S2/c1-2-16-24-31(28,29)20-13-11-19(12-14-20)25-23(30)26-22(27)15-10-18-8-5-7-17-6-3-4-9-21(17)18/h2-15,24H,1,16H2,(H2,25,26,27,30). The molecule has 0 fully saturated rings. The van der Waals surface area contributed by atoms with Crippen molar-refractivity contribution < 1.29 is 13.2 Å². The maximum absolute atomic E-state index is 12.2. The van der Waals surface area contributed by atoms with Gasteiger partial charge in [-0.05, 0) is 58.9 Å². The number of amides is 1. The lowest BCUT2D eigenvalue weighted by atomic mass is 10.0. The number of hydrogen-bond donors (Lipinski definition) is 3. The van der Waals surface area contributed by atoms with Crippen LogP contribution in [-0.4, -0.2) is 26.0 Å². The van der Waals surface area contributed by atoms with E-state index in [1.807, 2.05) is 42.5 Å². The molecule has 6 nitrogen and oxygen atoms in total.